The molecule has 2 N–H and O–H groups in total. The SMILES string of the molecule is CN(C)c1ccc2c(c1)OC1=CC([NH+](C)C)C=CC1=C2c1ccccc1COc1ccc(O)cc1. The number of allylic oxidation sites excluding steroid dienone is 1. The van der Waals surface area contributed by atoms with Crippen molar-refractivity contribution in [3.63, 3.8) is 0 Å². The Morgan fingerprint density at radius 1 is 0.971 bits per heavy atom. The zero-order valence-electron chi connectivity index (χ0n) is 20.6. The first-order valence-electron chi connectivity index (χ1n) is 11.8. The van der Waals surface area contributed by atoms with Crippen LogP contribution < -0.4 is 19.3 Å². The molecular formula is C30H31N2O3+. The highest BCUT2D eigenvalue weighted by Crippen LogP contribution is 2.45. The Hall–Kier alpha value is -3.96. The standard InChI is InChI=1S/C30H30N2O3/c1-31(2)21-9-15-26-28(17-21)35-29-18-22(32(3)4)10-16-27(29)30(26)25-8-6-5-7-20(25)19-34-24-13-11-23(33)12-14-24/h5-18,21,33H,19H2,1-4H3/p+1. The normalized spacial score (nSPS) is 16.4. The molecule has 0 amide bonds. The minimum Gasteiger partial charge on any atom is -0.508 e. The number of nitrogens with one attached hydrogen (secondary N) is 1. The van der Waals surface area contributed by atoms with Gasteiger partial charge in [-0.2, -0.15) is 0 Å². The Balaban J connectivity index is 1.61. The second-order valence-electron chi connectivity index (χ2n) is 9.40. The summed E-state index contributed by atoms with van der Waals surface area (Å²) in [6.45, 7) is 0.414. The van der Waals surface area contributed by atoms with Gasteiger partial charge in [-0.05, 0) is 59.7 Å². The fourth-order valence-corrected chi connectivity index (χ4v) is 4.47. The lowest BCUT2D eigenvalue weighted by molar-refractivity contribution is -0.871. The minimum atomic E-state index is 0.224. The average Bonchev–Trinajstić information content (AvgIpc) is 2.86. The van der Waals surface area contributed by atoms with E-state index in [1.165, 1.54) is 4.90 Å². The van der Waals surface area contributed by atoms with E-state index < -0.39 is 0 Å². The Morgan fingerprint density at radius 2 is 1.74 bits per heavy atom. The van der Waals surface area contributed by atoms with E-state index in [9.17, 15) is 5.11 Å². The molecule has 35 heavy (non-hydrogen) atoms. The summed E-state index contributed by atoms with van der Waals surface area (Å²) in [6, 6.07) is 21.8. The number of nitrogens with zero attached hydrogens (tertiary/aromatic N) is 1. The van der Waals surface area contributed by atoms with Gasteiger partial charge >= 0.3 is 0 Å². The van der Waals surface area contributed by atoms with E-state index in [-0.39, 0.29) is 11.8 Å². The number of rotatable bonds is 6. The summed E-state index contributed by atoms with van der Waals surface area (Å²) in [5.41, 5.74) is 6.61. The fraction of sp³-hybridized carbons (Fsp3) is 0.200. The number of aromatic hydroxyl groups is 1. The number of ether oxygens (including phenoxy) is 2. The van der Waals surface area contributed by atoms with Crippen molar-refractivity contribution < 1.29 is 19.5 Å². The molecule has 178 valence electrons. The molecule has 3 aromatic rings. The molecule has 3 aromatic carbocycles. The highest BCUT2D eigenvalue weighted by atomic mass is 16.5. The van der Waals surface area contributed by atoms with Crippen LogP contribution in [-0.4, -0.2) is 39.3 Å². The summed E-state index contributed by atoms with van der Waals surface area (Å²) >= 11 is 0. The molecule has 1 aliphatic heterocycles. The number of hydrogen-bond acceptors (Lipinski definition) is 4. The molecule has 1 unspecified atom stereocenters. The second kappa shape index (κ2) is 9.35. The second-order valence-corrected chi connectivity index (χ2v) is 9.40. The Labute approximate surface area is 206 Å². The van der Waals surface area contributed by atoms with Crippen LogP contribution in [0.4, 0.5) is 5.69 Å². The molecule has 1 aliphatic carbocycles. The van der Waals surface area contributed by atoms with E-state index in [1.54, 1.807) is 24.3 Å². The molecule has 0 saturated carbocycles. The van der Waals surface area contributed by atoms with E-state index in [4.69, 9.17) is 9.47 Å². The maximum Gasteiger partial charge on any atom is 0.137 e. The van der Waals surface area contributed by atoms with Crippen LogP contribution in [0.15, 0.2) is 96.3 Å². The zero-order chi connectivity index (χ0) is 24.5. The summed E-state index contributed by atoms with van der Waals surface area (Å²) in [6.07, 6.45) is 6.65. The maximum atomic E-state index is 9.58. The average molecular weight is 468 g/mol. The van der Waals surface area contributed by atoms with Gasteiger partial charge in [0.2, 0.25) is 0 Å². The van der Waals surface area contributed by atoms with Crippen LogP contribution in [-0.2, 0) is 6.61 Å². The third kappa shape index (κ3) is 4.55. The van der Waals surface area contributed by atoms with Crippen LogP contribution in [0.3, 0.4) is 0 Å². The monoisotopic (exact) mass is 467 g/mol. The van der Waals surface area contributed by atoms with Crippen LogP contribution in [0.1, 0.15) is 16.7 Å². The number of anilines is 1. The van der Waals surface area contributed by atoms with Crippen molar-refractivity contribution in [1.29, 1.82) is 0 Å². The van der Waals surface area contributed by atoms with E-state index in [0.717, 1.165) is 45.0 Å². The van der Waals surface area contributed by atoms with E-state index in [1.807, 2.05) is 20.2 Å². The molecule has 0 aromatic heterocycles. The smallest absolute Gasteiger partial charge is 0.137 e. The quantitative estimate of drug-likeness (QED) is 0.571. The molecule has 0 spiro atoms. The third-order valence-electron chi connectivity index (χ3n) is 6.49. The topological polar surface area (TPSA) is 46.4 Å². The maximum absolute atomic E-state index is 9.58. The molecule has 5 heteroatoms. The molecule has 0 radical (unpaired) electrons. The van der Waals surface area contributed by atoms with Gasteiger partial charge in [-0.25, -0.2) is 0 Å². The molecule has 1 atom stereocenters. The predicted molar refractivity (Wildman–Crippen MR) is 140 cm³/mol. The van der Waals surface area contributed by atoms with Crippen molar-refractivity contribution in [2.45, 2.75) is 12.6 Å². The predicted octanol–water partition coefficient (Wildman–Crippen LogP) is 4.20. The molecule has 0 bridgehead atoms. The van der Waals surface area contributed by atoms with Gasteiger partial charge in [0.15, 0.2) is 0 Å². The van der Waals surface area contributed by atoms with Gasteiger partial charge in [0, 0.05) is 48.6 Å². The molecule has 5 rings (SSSR count). The molecule has 2 aliphatic rings. The third-order valence-corrected chi connectivity index (χ3v) is 6.49. The van der Waals surface area contributed by atoms with Crippen molar-refractivity contribution in [1.82, 2.24) is 0 Å². The summed E-state index contributed by atoms with van der Waals surface area (Å²) in [5, 5.41) is 9.58. The molecule has 1 heterocycles. The van der Waals surface area contributed by atoms with Gasteiger partial charge in [0.05, 0.1) is 14.1 Å². The van der Waals surface area contributed by atoms with Crippen LogP contribution in [0.25, 0.3) is 5.57 Å². The van der Waals surface area contributed by atoms with Crippen molar-refractivity contribution in [3.8, 4) is 17.2 Å². The van der Waals surface area contributed by atoms with Crippen LogP contribution in [0, 0.1) is 0 Å². The van der Waals surface area contributed by atoms with Gasteiger partial charge < -0.3 is 24.4 Å². The lowest BCUT2D eigenvalue weighted by Crippen LogP contribution is -3.09. The van der Waals surface area contributed by atoms with E-state index >= 15 is 0 Å². The number of phenols is 1. The highest BCUT2D eigenvalue weighted by Gasteiger charge is 2.29. The van der Waals surface area contributed by atoms with E-state index in [2.05, 4.69) is 73.6 Å². The number of quaternary nitrogens is 1. The van der Waals surface area contributed by atoms with Gasteiger partial charge in [0.1, 0.15) is 35.7 Å². The van der Waals surface area contributed by atoms with Gasteiger partial charge in [-0.1, -0.05) is 24.3 Å². The number of benzene rings is 3. The number of hydrogen-bond donors (Lipinski definition) is 2. The fourth-order valence-electron chi connectivity index (χ4n) is 4.47. The lowest BCUT2D eigenvalue weighted by atomic mass is 9.85. The zero-order valence-corrected chi connectivity index (χ0v) is 20.6. The van der Waals surface area contributed by atoms with Crippen molar-refractivity contribution in [3.05, 3.63) is 113 Å². The largest absolute Gasteiger partial charge is 0.508 e. The van der Waals surface area contributed by atoms with E-state index in [0.29, 0.717) is 12.4 Å². The first-order valence-corrected chi connectivity index (χ1v) is 11.8. The molecular weight excluding hydrogens is 436 g/mol. The number of fused-ring (bicyclic) bond motifs is 2. The first kappa shape index (κ1) is 22.8. The molecule has 5 nitrogen and oxygen atoms in total. The highest BCUT2D eigenvalue weighted by molar-refractivity contribution is 5.92. The Morgan fingerprint density at radius 3 is 2.49 bits per heavy atom. The Bertz CT molecular complexity index is 1330. The number of phenolic OH excluding ortho intramolecular Hbond substituents is 1. The Kier molecular flexibility index (Phi) is 6.10. The first-order chi connectivity index (χ1) is 16.9. The number of likely N-dealkylation sites (N-methyl/N-ethyl adjacent to an activating group) is 1. The van der Waals surface area contributed by atoms with Crippen LogP contribution in [0.2, 0.25) is 0 Å². The van der Waals surface area contributed by atoms with Gasteiger partial charge in [-0.15, -0.1) is 0 Å². The summed E-state index contributed by atoms with van der Waals surface area (Å²) in [4.78, 5) is 3.41. The molecule has 0 saturated heterocycles. The van der Waals surface area contributed by atoms with Crippen LogP contribution >= 0.6 is 0 Å². The van der Waals surface area contributed by atoms with Crippen molar-refractivity contribution >= 4 is 11.3 Å². The van der Waals surface area contributed by atoms with Crippen LogP contribution in [0.5, 0.6) is 17.2 Å². The summed E-state index contributed by atoms with van der Waals surface area (Å²) in [5.74, 6) is 2.69. The molecule has 0 fully saturated rings. The van der Waals surface area contributed by atoms with Gasteiger partial charge in [-0.3, -0.25) is 0 Å². The van der Waals surface area contributed by atoms with Crippen molar-refractivity contribution in [2.24, 2.45) is 0 Å². The lowest BCUT2D eigenvalue weighted by Gasteiger charge is -2.30. The minimum absolute atomic E-state index is 0.224. The van der Waals surface area contributed by atoms with Gasteiger partial charge in [0.25, 0.3) is 0 Å². The summed E-state index contributed by atoms with van der Waals surface area (Å²) in [7, 11) is 8.38. The summed E-state index contributed by atoms with van der Waals surface area (Å²) < 4.78 is 12.6. The van der Waals surface area contributed by atoms with Crippen molar-refractivity contribution in [2.75, 3.05) is 33.1 Å².